The molecule has 0 heterocycles. The van der Waals surface area contributed by atoms with Gasteiger partial charge in [0.25, 0.3) is 0 Å². The van der Waals surface area contributed by atoms with Crippen molar-refractivity contribution in [2.45, 2.75) is 71.8 Å². The monoisotopic (exact) mass is 381 g/mol. The summed E-state index contributed by atoms with van der Waals surface area (Å²) in [5, 5.41) is 10.7. The van der Waals surface area contributed by atoms with Crippen molar-refractivity contribution >= 4 is 20.1 Å². The predicted molar refractivity (Wildman–Crippen MR) is 105 cm³/mol. The van der Waals surface area contributed by atoms with Crippen LogP contribution in [0.3, 0.4) is 0 Å². The molecule has 0 saturated heterocycles. The highest BCUT2D eigenvalue weighted by molar-refractivity contribution is 7.32. The predicted octanol–water partition coefficient (Wildman–Crippen LogP) is 5.01. The molecule has 26 heavy (non-hydrogen) atoms. The van der Waals surface area contributed by atoms with Gasteiger partial charge >= 0.3 is 8.25 Å². The molecular formula is C20H30O5P+. The lowest BCUT2D eigenvalue weighted by Gasteiger charge is -2.27. The molecule has 0 fully saturated rings. The van der Waals surface area contributed by atoms with Gasteiger partial charge in [-0.2, -0.15) is 0 Å². The average molecular weight is 381 g/mol. The summed E-state index contributed by atoms with van der Waals surface area (Å²) < 4.78 is 15.6. The van der Waals surface area contributed by atoms with Crippen LogP contribution in [0.15, 0.2) is 18.2 Å². The second-order valence-corrected chi connectivity index (χ2v) is 9.66. The molecule has 1 aromatic carbocycles. The minimum atomic E-state index is -2.89. The number of phenols is 1. The summed E-state index contributed by atoms with van der Waals surface area (Å²) >= 11 is 0. The number of carbonyl (C=O) groups excluding carboxylic acids is 1. The number of hydrogen-bond acceptors (Lipinski definition) is 4. The first kappa shape index (κ1) is 22.5. The molecule has 144 valence electrons. The van der Waals surface area contributed by atoms with Crippen LogP contribution in [0.4, 0.5) is 0 Å². The fourth-order valence-electron chi connectivity index (χ4n) is 2.40. The Kier molecular flexibility index (Phi) is 6.57. The van der Waals surface area contributed by atoms with E-state index >= 15 is 0 Å². The smallest absolute Gasteiger partial charge is 0.507 e. The van der Waals surface area contributed by atoms with Gasteiger partial charge in [-0.15, -0.1) is 9.42 Å². The second-order valence-electron chi connectivity index (χ2n) is 9.00. The van der Waals surface area contributed by atoms with Gasteiger partial charge in [-0.05, 0) is 48.5 Å². The molecule has 0 spiro atoms. The Labute approximate surface area is 157 Å². The Hall–Kier alpha value is -1.55. The summed E-state index contributed by atoms with van der Waals surface area (Å²) in [4.78, 5) is 21.2. The third kappa shape index (κ3) is 5.73. The van der Waals surface area contributed by atoms with E-state index in [1.165, 1.54) is 26.0 Å². The lowest BCUT2D eigenvalue weighted by atomic mass is 9.79. The lowest BCUT2D eigenvalue weighted by Crippen LogP contribution is -2.31. The summed E-state index contributed by atoms with van der Waals surface area (Å²) in [6, 6.07) is 3.85. The first-order valence-corrected chi connectivity index (χ1v) is 9.64. The highest BCUT2D eigenvalue weighted by Gasteiger charge is 2.36. The van der Waals surface area contributed by atoms with Crippen LogP contribution in [0.1, 0.15) is 72.1 Å². The number of aromatic hydroxyl groups is 1. The Morgan fingerprint density at radius 2 is 1.58 bits per heavy atom. The van der Waals surface area contributed by atoms with Gasteiger partial charge < -0.3 is 5.11 Å². The zero-order chi connectivity index (χ0) is 20.5. The molecule has 0 radical (unpaired) electrons. The van der Waals surface area contributed by atoms with E-state index in [0.29, 0.717) is 5.56 Å². The van der Waals surface area contributed by atoms with E-state index in [2.05, 4.69) is 20.8 Å². The average Bonchev–Trinajstić information content (AvgIpc) is 2.41. The molecule has 0 amide bonds. The Morgan fingerprint density at radius 3 is 2.00 bits per heavy atom. The first-order chi connectivity index (χ1) is 11.6. The molecule has 0 bridgehead atoms. The first-order valence-electron chi connectivity index (χ1n) is 8.51. The van der Waals surface area contributed by atoms with Crippen LogP contribution in [0.5, 0.6) is 5.75 Å². The Morgan fingerprint density at radius 1 is 1.04 bits per heavy atom. The van der Waals surface area contributed by atoms with E-state index in [1.807, 2.05) is 32.9 Å². The van der Waals surface area contributed by atoms with E-state index < -0.39 is 19.6 Å². The van der Waals surface area contributed by atoms with Crippen LogP contribution in [-0.4, -0.2) is 21.4 Å². The summed E-state index contributed by atoms with van der Waals surface area (Å²) in [6.45, 7) is 15.1. The Balaban J connectivity index is 3.40. The summed E-state index contributed by atoms with van der Waals surface area (Å²) in [5.74, 6) is -0.339. The molecule has 0 saturated carbocycles. The normalized spacial score (nSPS) is 14.0. The maximum absolute atomic E-state index is 12.3. The SMILES string of the molecule is CC(C)(O[P+](=O)O)C(=O)/C=C/c1cc(C(C)(C)C)cc(C(C)(C)C)c1O. The van der Waals surface area contributed by atoms with Gasteiger partial charge in [0.2, 0.25) is 0 Å². The van der Waals surface area contributed by atoms with Gasteiger partial charge in [0.1, 0.15) is 5.75 Å². The van der Waals surface area contributed by atoms with Crippen LogP contribution < -0.4 is 0 Å². The molecule has 5 nitrogen and oxygen atoms in total. The molecule has 1 atom stereocenters. The van der Waals surface area contributed by atoms with Crippen LogP contribution in [0.2, 0.25) is 0 Å². The number of carbonyl (C=O) groups is 1. The van der Waals surface area contributed by atoms with Crippen molar-refractivity contribution in [2.24, 2.45) is 0 Å². The Bertz CT molecular complexity index is 734. The fraction of sp³-hybridized carbons (Fsp3) is 0.550. The van der Waals surface area contributed by atoms with Crippen molar-refractivity contribution in [2.75, 3.05) is 0 Å². The molecule has 2 N–H and O–H groups in total. The molecule has 0 aliphatic carbocycles. The van der Waals surface area contributed by atoms with Crippen LogP contribution in [0, 0.1) is 0 Å². The van der Waals surface area contributed by atoms with Crippen molar-refractivity contribution in [1.82, 2.24) is 0 Å². The molecule has 1 unspecified atom stereocenters. The molecular weight excluding hydrogens is 351 g/mol. The van der Waals surface area contributed by atoms with Gasteiger partial charge in [0.15, 0.2) is 11.4 Å². The van der Waals surface area contributed by atoms with Gasteiger partial charge in [0.05, 0.1) is 0 Å². The zero-order valence-electron chi connectivity index (χ0n) is 16.9. The molecule has 0 aromatic heterocycles. The number of rotatable bonds is 5. The van der Waals surface area contributed by atoms with Crippen LogP contribution in [-0.2, 0) is 24.7 Å². The summed E-state index contributed by atoms with van der Waals surface area (Å²) in [7, 11) is -2.89. The largest absolute Gasteiger partial charge is 0.695 e. The fourth-order valence-corrected chi connectivity index (χ4v) is 2.88. The lowest BCUT2D eigenvalue weighted by molar-refractivity contribution is -0.126. The van der Waals surface area contributed by atoms with Crippen molar-refractivity contribution in [3.8, 4) is 5.75 Å². The molecule has 0 aliphatic rings. The van der Waals surface area contributed by atoms with Gasteiger partial charge in [-0.1, -0.05) is 47.6 Å². The maximum atomic E-state index is 12.3. The van der Waals surface area contributed by atoms with Gasteiger partial charge in [-0.3, -0.25) is 4.79 Å². The topological polar surface area (TPSA) is 83.8 Å². The standard InChI is InChI=1S/C20H29O5P/c1-18(2,3)14-11-13(17(22)15(12-14)19(4,5)6)9-10-16(21)20(7,8)25-26(23)24/h9-12H,1-8H3,(H-,21,22,23,24)/p+1. The van der Waals surface area contributed by atoms with E-state index in [9.17, 15) is 14.5 Å². The van der Waals surface area contributed by atoms with Crippen molar-refractivity contribution in [3.63, 3.8) is 0 Å². The number of ketones is 1. The van der Waals surface area contributed by atoms with Crippen molar-refractivity contribution < 1.29 is 23.9 Å². The van der Waals surface area contributed by atoms with E-state index in [1.54, 1.807) is 0 Å². The molecule has 1 aromatic rings. The second kappa shape index (κ2) is 7.59. The minimum Gasteiger partial charge on any atom is -0.507 e. The number of hydrogen-bond donors (Lipinski definition) is 2. The third-order valence-corrected chi connectivity index (χ3v) is 4.74. The summed E-state index contributed by atoms with van der Waals surface area (Å²) in [6.07, 6.45) is 2.80. The van der Waals surface area contributed by atoms with Crippen molar-refractivity contribution in [1.29, 1.82) is 0 Å². The molecule has 0 aliphatic heterocycles. The minimum absolute atomic E-state index is 0.126. The summed E-state index contributed by atoms with van der Waals surface area (Å²) in [5.41, 5.74) is 0.545. The van der Waals surface area contributed by atoms with Crippen LogP contribution >= 0.6 is 8.25 Å². The van der Waals surface area contributed by atoms with Gasteiger partial charge in [-0.25, -0.2) is 0 Å². The van der Waals surface area contributed by atoms with Crippen molar-refractivity contribution in [3.05, 3.63) is 34.9 Å². The molecule has 6 heteroatoms. The third-order valence-electron chi connectivity index (χ3n) is 4.13. The highest BCUT2D eigenvalue weighted by atomic mass is 31.1. The van der Waals surface area contributed by atoms with E-state index in [0.717, 1.165) is 11.1 Å². The molecule has 1 rings (SSSR count). The maximum Gasteiger partial charge on any atom is 0.695 e. The zero-order valence-corrected chi connectivity index (χ0v) is 17.8. The van der Waals surface area contributed by atoms with E-state index in [-0.39, 0.29) is 16.6 Å². The van der Waals surface area contributed by atoms with Gasteiger partial charge in [0, 0.05) is 15.7 Å². The number of phenolic OH excluding ortho intramolecular Hbond substituents is 1. The quantitative estimate of drug-likeness (QED) is 0.553. The van der Waals surface area contributed by atoms with Crippen LogP contribution in [0.25, 0.3) is 6.08 Å². The highest BCUT2D eigenvalue weighted by Crippen LogP contribution is 2.38. The van der Waals surface area contributed by atoms with E-state index in [4.69, 9.17) is 9.42 Å². The number of benzene rings is 1.